The molecule has 1 heterocycles. The number of aryl methyl sites for hydroxylation is 2. The highest BCUT2D eigenvalue weighted by molar-refractivity contribution is 5.94. The molecule has 166 valence electrons. The number of carbonyl (C=O) groups excluding carboxylic acids is 2. The van der Waals surface area contributed by atoms with Crippen molar-refractivity contribution in [1.29, 1.82) is 0 Å². The van der Waals surface area contributed by atoms with Gasteiger partial charge in [0, 0.05) is 17.7 Å². The summed E-state index contributed by atoms with van der Waals surface area (Å²) in [5.74, 6) is 1.08. The number of rotatable bonds is 7. The van der Waals surface area contributed by atoms with E-state index in [-0.39, 0.29) is 17.7 Å². The number of nitrogens with one attached hydrogen (secondary N) is 2. The van der Waals surface area contributed by atoms with Crippen LogP contribution < -0.4 is 20.1 Å². The second-order valence-corrected chi connectivity index (χ2v) is 8.03. The van der Waals surface area contributed by atoms with Crippen molar-refractivity contribution in [3.63, 3.8) is 0 Å². The number of anilines is 2. The fraction of sp³-hybridized carbons (Fsp3) is 0.417. The highest BCUT2D eigenvalue weighted by Gasteiger charge is 2.26. The first kappa shape index (κ1) is 22.6. The smallest absolute Gasteiger partial charge is 0.238 e. The molecule has 3 rings (SSSR count). The first-order valence-corrected chi connectivity index (χ1v) is 10.5. The highest BCUT2D eigenvalue weighted by atomic mass is 16.5. The van der Waals surface area contributed by atoms with E-state index in [9.17, 15) is 9.59 Å². The van der Waals surface area contributed by atoms with Gasteiger partial charge in [0.05, 0.1) is 26.5 Å². The van der Waals surface area contributed by atoms with Gasteiger partial charge in [0.1, 0.15) is 11.5 Å². The zero-order valence-electron chi connectivity index (χ0n) is 18.7. The van der Waals surface area contributed by atoms with Crippen LogP contribution in [0.15, 0.2) is 36.4 Å². The Morgan fingerprint density at radius 3 is 2.26 bits per heavy atom. The van der Waals surface area contributed by atoms with E-state index >= 15 is 0 Å². The molecule has 2 aromatic carbocycles. The van der Waals surface area contributed by atoms with E-state index < -0.39 is 0 Å². The standard InChI is InChI=1S/C24H31N3O4/c1-16-11-17(2)13-19(12-16)25-23(28)15-27-9-7-18(8-10-27)24(29)26-21-6-5-20(30-3)14-22(21)31-4/h5-6,11-14,18H,7-10,15H2,1-4H3,(H,25,28)(H,26,29). The normalized spacial score (nSPS) is 14.7. The van der Waals surface area contributed by atoms with E-state index in [1.807, 2.05) is 26.0 Å². The van der Waals surface area contributed by atoms with Gasteiger partial charge in [-0.1, -0.05) is 6.07 Å². The maximum Gasteiger partial charge on any atom is 0.238 e. The number of methoxy groups -OCH3 is 2. The summed E-state index contributed by atoms with van der Waals surface area (Å²) in [5, 5.41) is 5.94. The van der Waals surface area contributed by atoms with E-state index in [4.69, 9.17) is 9.47 Å². The molecule has 0 unspecified atom stereocenters. The van der Waals surface area contributed by atoms with Crippen molar-refractivity contribution in [1.82, 2.24) is 4.90 Å². The number of ether oxygens (including phenoxy) is 2. The molecule has 0 spiro atoms. The molecule has 2 aromatic rings. The van der Waals surface area contributed by atoms with Gasteiger partial charge in [-0.05, 0) is 75.2 Å². The van der Waals surface area contributed by atoms with Crippen LogP contribution in [0.2, 0.25) is 0 Å². The second kappa shape index (κ2) is 10.3. The molecule has 0 bridgehead atoms. The molecule has 7 heteroatoms. The third-order valence-corrected chi connectivity index (χ3v) is 5.50. The highest BCUT2D eigenvalue weighted by Crippen LogP contribution is 2.30. The van der Waals surface area contributed by atoms with Crippen LogP contribution in [0.3, 0.4) is 0 Å². The molecule has 0 aromatic heterocycles. The number of hydrogen-bond donors (Lipinski definition) is 2. The Kier molecular flexibility index (Phi) is 7.52. The van der Waals surface area contributed by atoms with Crippen LogP contribution in [0, 0.1) is 19.8 Å². The van der Waals surface area contributed by atoms with Gasteiger partial charge in [0.15, 0.2) is 0 Å². The maximum atomic E-state index is 12.7. The van der Waals surface area contributed by atoms with E-state index in [0.717, 1.165) is 16.8 Å². The Labute approximate surface area is 183 Å². The Bertz CT molecular complexity index is 916. The molecule has 1 fully saturated rings. The molecular formula is C24H31N3O4. The van der Waals surface area contributed by atoms with Crippen molar-refractivity contribution in [3.05, 3.63) is 47.5 Å². The predicted molar refractivity (Wildman–Crippen MR) is 122 cm³/mol. The third kappa shape index (κ3) is 6.21. The minimum Gasteiger partial charge on any atom is -0.497 e. The molecule has 0 atom stereocenters. The first-order valence-electron chi connectivity index (χ1n) is 10.5. The van der Waals surface area contributed by atoms with E-state index in [1.165, 1.54) is 0 Å². The summed E-state index contributed by atoms with van der Waals surface area (Å²) in [7, 11) is 3.15. The summed E-state index contributed by atoms with van der Waals surface area (Å²) in [6.45, 7) is 5.77. The molecular weight excluding hydrogens is 394 g/mol. The molecule has 2 amide bonds. The zero-order chi connectivity index (χ0) is 22.4. The number of nitrogens with zero attached hydrogens (tertiary/aromatic N) is 1. The van der Waals surface area contributed by atoms with Gasteiger partial charge >= 0.3 is 0 Å². The van der Waals surface area contributed by atoms with Crippen molar-refractivity contribution in [2.75, 3.05) is 44.5 Å². The van der Waals surface area contributed by atoms with Crippen LogP contribution in [-0.4, -0.2) is 50.6 Å². The van der Waals surface area contributed by atoms with Crippen molar-refractivity contribution in [3.8, 4) is 11.5 Å². The number of piperidine rings is 1. The van der Waals surface area contributed by atoms with Crippen LogP contribution in [0.1, 0.15) is 24.0 Å². The Morgan fingerprint density at radius 1 is 0.968 bits per heavy atom. The number of amides is 2. The van der Waals surface area contributed by atoms with E-state index in [0.29, 0.717) is 49.7 Å². The lowest BCUT2D eigenvalue weighted by molar-refractivity contribution is -0.121. The zero-order valence-corrected chi connectivity index (χ0v) is 18.7. The molecule has 0 radical (unpaired) electrons. The van der Waals surface area contributed by atoms with E-state index in [1.54, 1.807) is 32.4 Å². The summed E-state index contributed by atoms with van der Waals surface area (Å²) in [4.78, 5) is 27.2. The number of carbonyl (C=O) groups is 2. The number of likely N-dealkylation sites (tertiary alicyclic amines) is 1. The SMILES string of the molecule is COc1ccc(NC(=O)C2CCN(CC(=O)Nc3cc(C)cc(C)c3)CC2)c(OC)c1. The number of hydrogen-bond acceptors (Lipinski definition) is 5. The van der Waals surface area contributed by atoms with Gasteiger partial charge in [-0.25, -0.2) is 0 Å². The average Bonchev–Trinajstić information content (AvgIpc) is 2.73. The van der Waals surface area contributed by atoms with Crippen LogP contribution in [0.4, 0.5) is 11.4 Å². The molecule has 0 saturated carbocycles. The lowest BCUT2D eigenvalue weighted by atomic mass is 9.95. The molecule has 1 saturated heterocycles. The maximum absolute atomic E-state index is 12.7. The van der Waals surface area contributed by atoms with Gasteiger partial charge in [-0.3, -0.25) is 14.5 Å². The first-order chi connectivity index (χ1) is 14.9. The molecule has 1 aliphatic heterocycles. The van der Waals surface area contributed by atoms with E-state index in [2.05, 4.69) is 21.6 Å². The lowest BCUT2D eigenvalue weighted by Gasteiger charge is -2.30. The molecule has 0 aliphatic carbocycles. The van der Waals surface area contributed by atoms with Crippen molar-refractivity contribution < 1.29 is 19.1 Å². The minimum absolute atomic E-state index is 0.0252. The second-order valence-electron chi connectivity index (χ2n) is 8.03. The Morgan fingerprint density at radius 2 is 1.65 bits per heavy atom. The summed E-state index contributed by atoms with van der Waals surface area (Å²) < 4.78 is 10.5. The van der Waals surface area contributed by atoms with Crippen molar-refractivity contribution >= 4 is 23.2 Å². The van der Waals surface area contributed by atoms with Gasteiger partial charge in [0.2, 0.25) is 11.8 Å². The topological polar surface area (TPSA) is 79.9 Å². The third-order valence-electron chi connectivity index (χ3n) is 5.50. The van der Waals surface area contributed by atoms with Crippen LogP contribution in [0.5, 0.6) is 11.5 Å². The summed E-state index contributed by atoms with van der Waals surface area (Å²) in [6.07, 6.45) is 1.42. The van der Waals surface area contributed by atoms with Crippen molar-refractivity contribution in [2.45, 2.75) is 26.7 Å². The summed E-state index contributed by atoms with van der Waals surface area (Å²) in [5.41, 5.74) is 3.69. The fourth-order valence-electron chi connectivity index (χ4n) is 3.94. The molecule has 31 heavy (non-hydrogen) atoms. The lowest BCUT2D eigenvalue weighted by Crippen LogP contribution is -2.41. The fourth-order valence-corrected chi connectivity index (χ4v) is 3.94. The summed E-state index contributed by atoms with van der Waals surface area (Å²) in [6, 6.07) is 11.3. The monoisotopic (exact) mass is 425 g/mol. The van der Waals surface area contributed by atoms with Gasteiger partial charge in [-0.2, -0.15) is 0 Å². The van der Waals surface area contributed by atoms with Gasteiger partial charge < -0.3 is 20.1 Å². The van der Waals surface area contributed by atoms with Crippen LogP contribution in [-0.2, 0) is 9.59 Å². The summed E-state index contributed by atoms with van der Waals surface area (Å²) >= 11 is 0. The van der Waals surface area contributed by atoms with Crippen LogP contribution in [0.25, 0.3) is 0 Å². The molecule has 7 nitrogen and oxygen atoms in total. The van der Waals surface area contributed by atoms with Gasteiger partial charge in [0.25, 0.3) is 0 Å². The average molecular weight is 426 g/mol. The molecule has 1 aliphatic rings. The predicted octanol–water partition coefficient (Wildman–Crippen LogP) is 3.61. The largest absolute Gasteiger partial charge is 0.497 e. The van der Waals surface area contributed by atoms with Gasteiger partial charge in [-0.15, -0.1) is 0 Å². The Balaban J connectivity index is 1.49. The Hall–Kier alpha value is -3.06. The quantitative estimate of drug-likeness (QED) is 0.708. The number of benzene rings is 2. The van der Waals surface area contributed by atoms with Crippen molar-refractivity contribution in [2.24, 2.45) is 5.92 Å². The minimum atomic E-state index is -0.0921. The van der Waals surface area contributed by atoms with Crippen LogP contribution >= 0.6 is 0 Å². The molecule has 2 N–H and O–H groups in total.